The fourth-order valence-corrected chi connectivity index (χ4v) is 5.10. The smallest absolute Gasteiger partial charge is 0.166 e. The van der Waals surface area contributed by atoms with E-state index in [4.69, 9.17) is 0 Å². The summed E-state index contributed by atoms with van der Waals surface area (Å²) < 4.78 is 81.9. The third-order valence-corrected chi connectivity index (χ3v) is 6.12. The molecule has 3 aromatic carbocycles. The summed E-state index contributed by atoms with van der Waals surface area (Å²) in [5, 5.41) is 0. The maximum atomic E-state index is 13.6. The van der Waals surface area contributed by atoms with Crippen LogP contribution in [0.3, 0.4) is 0 Å². The van der Waals surface area contributed by atoms with E-state index in [1.165, 1.54) is 0 Å². The van der Waals surface area contributed by atoms with Crippen LogP contribution in [0.1, 0.15) is 11.1 Å². The molecule has 0 heterocycles. The predicted molar refractivity (Wildman–Crippen MR) is 91.5 cm³/mol. The zero-order valence-corrected chi connectivity index (χ0v) is 14.5. The molecule has 3 rings (SSSR count). The molecule has 0 amide bonds. The van der Waals surface area contributed by atoms with Crippen LogP contribution in [-0.4, -0.2) is 0 Å². The van der Waals surface area contributed by atoms with E-state index in [1.54, 1.807) is 60.7 Å². The maximum Gasteiger partial charge on any atom is 0.421 e. The van der Waals surface area contributed by atoms with Gasteiger partial charge in [0.25, 0.3) is 0 Å². The van der Waals surface area contributed by atoms with Gasteiger partial charge in [-0.1, -0.05) is 42.5 Å². The fraction of sp³-hybridized carbons (Fsp3) is 0.100. The Kier molecular flexibility index (Phi) is 5.24. The van der Waals surface area contributed by atoms with Crippen LogP contribution < -0.4 is 0 Å². The molecule has 7 heteroatoms. The summed E-state index contributed by atoms with van der Waals surface area (Å²) in [4.78, 5) is 0.00620. The lowest BCUT2D eigenvalue weighted by Gasteiger charge is -2.18. The number of hydrogen-bond donors (Lipinski definition) is 0. The van der Waals surface area contributed by atoms with Crippen molar-refractivity contribution >= 4 is 10.9 Å². The molecule has 0 aliphatic heterocycles. The Hall–Kier alpha value is -2.41. The van der Waals surface area contributed by atoms with Gasteiger partial charge in [0, 0.05) is 0 Å². The van der Waals surface area contributed by atoms with Crippen molar-refractivity contribution in [3.8, 4) is 0 Å². The van der Waals surface area contributed by atoms with Crippen LogP contribution in [0.25, 0.3) is 0 Å². The summed E-state index contributed by atoms with van der Waals surface area (Å²) in [5.41, 5.74) is -2.54. The summed E-state index contributed by atoms with van der Waals surface area (Å²) >= 11 is 0. The lowest BCUT2D eigenvalue weighted by molar-refractivity contribution is -0.147. The molecule has 0 fully saturated rings. The third-order valence-electron chi connectivity index (χ3n) is 3.79. The molecule has 140 valence electrons. The quantitative estimate of drug-likeness (QED) is 0.335. The Morgan fingerprint density at radius 3 is 1.19 bits per heavy atom. The first-order chi connectivity index (χ1) is 12.7. The van der Waals surface area contributed by atoms with Gasteiger partial charge in [0.1, 0.15) is 22.0 Å². The topological polar surface area (TPSA) is 0 Å². The highest BCUT2D eigenvalue weighted by molar-refractivity contribution is 7.97. The van der Waals surface area contributed by atoms with Crippen molar-refractivity contribution in [1.29, 1.82) is 0 Å². The van der Waals surface area contributed by atoms with E-state index in [2.05, 4.69) is 0 Å². The largest absolute Gasteiger partial charge is 0.421 e. The molecule has 27 heavy (non-hydrogen) atoms. The molecule has 0 bridgehead atoms. The van der Waals surface area contributed by atoms with Crippen LogP contribution >= 0.6 is 0 Å². The first-order valence-corrected chi connectivity index (χ1v) is 9.04. The second kappa shape index (κ2) is 7.31. The number of hydrogen-bond acceptors (Lipinski definition) is 0. The zero-order valence-electron chi connectivity index (χ0n) is 13.7. The number of rotatable bonds is 3. The van der Waals surface area contributed by atoms with Gasteiger partial charge in [0.15, 0.2) is 14.7 Å². The van der Waals surface area contributed by atoms with Crippen LogP contribution in [0.2, 0.25) is 0 Å². The van der Waals surface area contributed by atoms with Crippen molar-refractivity contribution < 1.29 is 26.3 Å². The van der Waals surface area contributed by atoms with E-state index < -0.39 is 39.3 Å². The van der Waals surface area contributed by atoms with Crippen LogP contribution in [0.4, 0.5) is 26.3 Å². The molecular formula is C20H13F6S+. The van der Waals surface area contributed by atoms with Crippen LogP contribution in [0.15, 0.2) is 93.5 Å². The molecule has 0 saturated carbocycles. The normalized spacial score (nSPS) is 12.4. The van der Waals surface area contributed by atoms with Crippen molar-refractivity contribution in [2.45, 2.75) is 27.0 Å². The molecule has 0 radical (unpaired) electrons. The van der Waals surface area contributed by atoms with Gasteiger partial charge in [-0.25, -0.2) is 0 Å². The molecule has 0 saturated heterocycles. The highest BCUT2D eigenvalue weighted by Gasteiger charge is 2.49. The molecule has 0 nitrogen and oxygen atoms in total. The van der Waals surface area contributed by atoms with Crippen LogP contribution in [-0.2, 0) is 23.2 Å². The van der Waals surface area contributed by atoms with Gasteiger partial charge in [0.05, 0.1) is 0 Å². The Labute approximate surface area is 154 Å². The lowest BCUT2D eigenvalue weighted by atomic mass is 10.1. The van der Waals surface area contributed by atoms with Gasteiger partial charge in [-0.3, -0.25) is 0 Å². The minimum atomic E-state index is -4.91. The fourth-order valence-electron chi connectivity index (χ4n) is 2.69. The molecule has 0 aliphatic rings. The lowest BCUT2D eigenvalue weighted by Crippen LogP contribution is -2.20. The third kappa shape index (κ3) is 4.13. The molecule has 0 spiro atoms. The number of alkyl halides is 6. The van der Waals surface area contributed by atoms with Gasteiger partial charge in [-0.05, 0) is 36.4 Å². The van der Waals surface area contributed by atoms with Crippen molar-refractivity contribution in [3.05, 3.63) is 90.0 Å². The van der Waals surface area contributed by atoms with Gasteiger partial charge < -0.3 is 0 Å². The summed E-state index contributed by atoms with van der Waals surface area (Å²) in [6.45, 7) is 0. The van der Waals surface area contributed by atoms with Gasteiger partial charge >= 0.3 is 12.4 Å². The van der Waals surface area contributed by atoms with E-state index in [9.17, 15) is 26.3 Å². The second-order valence-electron chi connectivity index (χ2n) is 5.61. The molecule has 0 aliphatic carbocycles. The zero-order chi connectivity index (χ0) is 19.7. The van der Waals surface area contributed by atoms with Crippen molar-refractivity contribution in [3.63, 3.8) is 0 Å². The van der Waals surface area contributed by atoms with Crippen molar-refractivity contribution in [2.24, 2.45) is 0 Å². The predicted octanol–water partition coefficient (Wildman–Crippen LogP) is 6.82. The van der Waals surface area contributed by atoms with E-state index in [0.717, 1.165) is 6.07 Å². The van der Waals surface area contributed by atoms with Gasteiger partial charge in [-0.2, -0.15) is 26.3 Å². The van der Waals surface area contributed by atoms with E-state index in [1.807, 2.05) is 0 Å². The van der Waals surface area contributed by atoms with E-state index in [-0.39, 0.29) is 0 Å². The summed E-state index contributed by atoms with van der Waals surface area (Å²) in [5.74, 6) is 0. The monoisotopic (exact) mass is 399 g/mol. The van der Waals surface area contributed by atoms with Crippen molar-refractivity contribution in [1.82, 2.24) is 0 Å². The second-order valence-corrected chi connectivity index (χ2v) is 7.57. The van der Waals surface area contributed by atoms with E-state index in [0.29, 0.717) is 21.9 Å². The standard InChI is InChI=1S/C20H13F6S/c21-19(22,23)16-12-7-13-17(20(24,25)26)18(16)27(14-8-3-1-4-9-14)15-10-5-2-6-11-15/h1-13H/q+1. The Balaban J connectivity index is 2.39. The molecule has 0 N–H and O–H groups in total. The number of benzene rings is 3. The first-order valence-electron chi connectivity index (χ1n) is 7.81. The molecular weight excluding hydrogens is 386 g/mol. The van der Waals surface area contributed by atoms with Crippen LogP contribution in [0.5, 0.6) is 0 Å². The minimum absolute atomic E-state index is 0.380. The molecule has 3 aromatic rings. The van der Waals surface area contributed by atoms with E-state index >= 15 is 0 Å². The summed E-state index contributed by atoms with van der Waals surface area (Å²) in [6.07, 6.45) is -9.82. The Morgan fingerprint density at radius 1 is 0.481 bits per heavy atom. The SMILES string of the molecule is FC(F)(F)c1cccc(C(F)(F)F)c1[S+](c1ccccc1)c1ccccc1. The highest BCUT2D eigenvalue weighted by Crippen LogP contribution is 2.46. The van der Waals surface area contributed by atoms with Crippen molar-refractivity contribution in [2.75, 3.05) is 0 Å². The molecule has 0 atom stereocenters. The maximum absolute atomic E-state index is 13.6. The number of halogens is 6. The van der Waals surface area contributed by atoms with Crippen LogP contribution in [0, 0.1) is 0 Å². The Morgan fingerprint density at radius 2 is 0.852 bits per heavy atom. The molecule has 0 unspecified atom stereocenters. The Bertz CT molecular complexity index is 830. The summed E-state index contributed by atoms with van der Waals surface area (Å²) in [6, 6.07) is 18.1. The molecule has 0 aromatic heterocycles. The first kappa shape index (κ1) is 19.4. The highest BCUT2D eigenvalue weighted by atomic mass is 32.2. The van der Waals surface area contributed by atoms with Gasteiger partial charge in [-0.15, -0.1) is 0 Å². The minimum Gasteiger partial charge on any atom is -0.166 e. The van der Waals surface area contributed by atoms with Gasteiger partial charge in [0.2, 0.25) is 0 Å². The average molecular weight is 399 g/mol. The summed E-state index contributed by atoms with van der Waals surface area (Å²) in [7, 11) is -1.57. The average Bonchev–Trinajstić information content (AvgIpc) is 2.62.